The third kappa shape index (κ3) is 2.58. The minimum Gasteiger partial charge on any atom is -0.378 e. The van der Waals surface area contributed by atoms with E-state index >= 15 is 0 Å². The summed E-state index contributed by atoms with van der Waals surface area (Å²) in [5, 5.41) is 1.10. The standard InChI is InChI=1S/C16H21N3S/c1-10(17)15-14(11-4-5-11)18-16(20-15)12-6-8-13(9-7-12)19(2)3/h6-11H,4-5,17H2,1-3H3. The van der Waals surface area contributed by atoms with Gasteiger partial charge in [0, 0.05) is 42.2 Å². The van der Waals surface area contributed by atoms with Gasteiger partial charge in [-0.15, -0.1) is 11.3 Å². The Labute approximate surface area is 124 Å². The van der Waals surface area contributed by atoms with Crippen molar-refractivity contribution in [2.75, 3.05) is 19.0 Å². The number of aromatic nitrogens is 1. The van der Waals surface area contributed by atoms with Crippen LogP contribution in [0.1, 0.15) is 42.3 Å². The number of hydrogen-bond donors (Lipinski definition) is 1. The summed E-state index contributed by atoms with van der Waals surface area (Å²) < 4.78 is 0. The lowest BCUT2D eigenvalue weighted by molar-refractivity contribution is 0.811. The van der Waals surface area contributed by atoms with Gasteiger partial charge in [-0.1, -0.05) is 0 Å². The van der Waals surface area contributed by atoms with Gasteiger partial charge in [-0.3, -0.25) is 0 Å². The molecule has 1 aromatic carbocycles. The molecule has 1 aromatic heterocycles. The van der Waals surface area contributed by atoms with E-state index in [2.05, 4.69) is 50.2 Å². The molecular formula is C16H21N3S. The number of thiazole rings is 1. The molecule has 3 nitrogen and oxygen atoms in total. The van der Waals surface area contributed by atoms with Gasteiger partial charge in [0.05, 0.1) is 5.69 Å². The summed E-state index contributed by atoms with van der Waals surface area (Å²) in [6, 6.07) is 8.65. The quantitative estimate of drug-likeness (QED) is 0.930. The molecule has 106 valence electrons. The first-order valence-electron chi connectivity index (χ1n) is 7.10. The molecule has 0 aliphatic heterocycles. The summed E-state index contributed by atoms with van der Waals surface area (Å²) in [5.41, 5.74) is 9.74. The number of nitrogens with two attached hydrogens (primary N) is 1. The maximum Gasteiger partial charge on any atom is 0.123 e. The Morgan fingerprint density at radius 2 is 1.90 bits per heavy atom. The monoisotopic (exact) mass is 287 g/mol. The molecule has 0 spiro atoms. The highest BCUT2D eigenvalue weighted by Gasteiger charge is 2.30. The average Bonchev–Trinajstić information content (AvgIpc) is 3.17. The number of hydrogen-bond acceptors (Lipinski definition) is 4. The first-order chi connectivity index (χ1) is 9.56. The van der Waals surface area contributed by atoms with Gasteiger partial charge in [-0.05, 0) is 44.0 Å². The summed E-state index contributed by atoms with van der Waals surface area (Å²) in [7, 11) is 4.11. The van der Waals surface area contributed by atoms with E-state index in [1.165, 1.54) is 34.7 Å². The van der Waals surface area contributed by atoms with Crippen molar-refractivity contribution >= 4 is 17.0 Å². The Hall–Kier alpha value is -1.39. The predicted octanol–water partition coefficient (Wildman–Crippen LogP) is 3.77. The van der Waals surface area contributed by atoms with Gasteiger partial charge in [0.15, 0.2) is 0 Å². The summed E-state index contributed by atoms with van der Waals surface area (Å²) in [4.78, 5) is 8.23. The molecule has 0 saturated heterocycles. The third-order valence-corrected chi connectivity index (χ3v) is 5.01. The van der Waals surface area contributed by atoms with E-state index in [-0.39, 0.29) is 6.04 Å². The fraction of sp³-hybridized carbons (Fsp3) is 0.438. The Bertz CT molecular complexity index is 575. The van der Waals surface area contributed by atoms with Crippen LogP contribution in [0.3, 0.4) is 0 Å². The lowest BCUT2D eigenvalue weighted by Gasteiger charge is -2.11. The molecule has 0 radical (unpaired) electrons. The van der Waals surface area contributed by atoms with E-state index in [0.29, 0.717) is 5.92 Å². The van der Waals surface area contributed by atoms with Crippen LogP contribution in [-0.4, -0.2) is 19.1 Å². The van der Waals surface area contributed by atoms with Crippen LogP contribution in [0.25, 0.3) is 10.6 Å². The van der Waals surface area contributed by atoms with Crippen molar-refractivity contribution in [3.8, 4) is 10.6 Å². The van der Waals surface area contributed by atoms with Gasteiger partial charge in [0.25, 0.3) is 0 Å². The smallest absolute Gasteiger partial charge is 0.123 e. The Kier molecular flexibility index (Phi) is 3.52. The molecule has 2 aromatic rings. The molecule has 2 N–H and O–H groups in total. The van der Waals surface area contributed by atoms with Crippen LogP contribution in [0.15, 0.2) is 24.3 Å². The molecule has 1 fully saturated rings. The fourth-order valence-electron chi connectivity index (χ4n) is 2.34. The Morgan fingerprint density at radius 3 is 2.40 bits per heavy atom. The van der Waals surface area contributed by atoms with E-state index < -0.39 is 0 Å². The van der Waals surface area contributed by atoms with Crippen molar-refractivity contribution in [3.05, 3.63) is 34.8 Å². The van der Waals surface area contributed by atoms with Gasteiger partial charge in [0.2, 0.25) is 0 Å². The molecule has 1 heterocycles. The zero-order valence-electron chi connectivity index (χ0n) is 12.3. The highest BCUT2D eigenvalue weighted by molar-refractivity contribution is 7.15. The van der Waals surface area contributed by atoms with Crippen LogP contribution in [-0.2, 0) is 0 Å². The van der Waals surface area contributed by atoms with Gasteiger partial charge in [0.1, 0.15) is 5.01 Å². The second kappa shape index (κ2) is 5.19. The fourth-order valence-corrected chi connectivity index (χ4v) is 3.45. The maximum atomic E-state index is 6.10. The number of benzene rings is 1. The summed E-state index contributed by atoms with van der Waals surface area (Å²) in [6.45, 7) is 2.05. The van der Waals surface area contributed by atoms with Crippen LogP contribution >= 0.6 is 11.3 Å². The highest BCUT2D eigenvalue weighted by Crippen LogP contribution is 2.45. The second-order valence-corrected chi connectivity index (χ2v) is 6.80. The second-order valence-electron chi connectivity index (χ2n) is 5.77. The van der Waals surface area contributed by atoms with Crippen LogP contribution in [0.5, 0.6) is 0 Å². The average molecular weight is 287 g/mol. The minimum atomic E-state index is 0.0814. The molecule has 20 heavy (non-hydrogen) atoms. The lowest BCUT2D eigenvalue weighted by atomic mass is 10.2. The number of rotatable bonds is 4. The van der Waals surface area contributed by atoms with Crippen LogP contribution in [0.4, 0.5) is 5.69 Å². The van der Waals surface area contributed by atoms with Crippen molar-refractivity contribution in [2.24, 2.45) is 5.73 Å². The number of anilines is 1. The summed E-state index contributed by atoms with van der Waals surface area (Å²) >= 11 is 1.75. The molecule has 1 aliphatic rings. The summed E-state index contributed by atoms with van der Waals surface area (Å²) in [5.74, 6) is 0.655. The van der Waals surface area contributed by atoms with E-state index in [0.717, 1.165) is 5.01 Å². The van der Waals surface area contributed by atoms with E-state index in [1.807, 2.05) is 0 Å². The molecule has 0 bridgehead atoms. The SMILES string of the molecule is CC(N)c1sc(-c2ccc(N(C)C)cc2)nc1C1CC1. The largest absolute Gasteiger partial charge is 0.378 e. The Balaban J connectivity index is 1.95. The van der Waals surface area contributed by atoms with Crippen molar-refractivity contribution in [3.63, 3.8) is 0 Å². The van der Waals surface area contributed by atoms with Gasteiger partial charge in [-0.2, -0.15) is 0 Å². The Morgan fingerprint density at radius 1 is 1.25 bits per heavy atom. The van der Waals surface area contributed by atoms with Crippen molar-refractivity contribution in [1.82, 2.24) is 4.98 Å². The highest BCUT2D eigenvalue weighted by atomic mass is 32.1. The first-order valence-corrected chi connectivity index (χ1v) is 7.92. The zero-order valence-corrected chi connectivity index (χ0v) is 13.1. The van der Waals surface area contributed by atoms with Gasteiger partial charge < -0.3 is 10.6 Å². The number of nitrogens with zero attached hydrogens (tertiary/aromatic N) is 2. The molecule has 4 heteroatoms. The maximum absolute atomic E-state index is 6.10. The van der Waals surface area contributed by atoms with Crippen molar-refractivity contribution in [2.45, 2.75) is 31.7 Å². The molecule has 1 saturated carbocycles. The van der Waals surface area contributed by atoms with Gasteiger partial charge in [-0.25, -0.2) is 4.98 Å². The van der Waals surface area contributed by atoms with Crippen LogP contribution in [0.2, 0.25) is 0 Å². The van der Waals surface area contributed by atoms with E-state index in [4.69, 9.17) is 10.7 Å². The van der Waals surface area contributed by atoms with E-state index in [1.54, 1.807) is 11.3 Å². The van der Waals surface area contributed by atoms with Gasteiger partial charge >= 0.3 is 0 Å². The minimum absolute atomic E-state index is 0.0814. The van der Waals surface area contributed by atoms with Crippen molar-refractivity contribution in [1.29, 1.82) is 0 Å². The third-order valence-electron chi connectivity index (χ3n) is 3.69. The van der Waals surface area contributed by atoms with E-state index in [9.17, 15) is 0 Å². The molecular weight excluding hydrogens is 266 g/mol. The normalized spacial score (nSPS) is 16.2. The molecule has 1 aliphatic carbocycles. The molecule has 0 amide bonds. The zero-order chi connectivity index (χ0) is 14.3. The first kappa shape index (κ1) is 13.6. The predicted molar refractivity (Wildman–Crippen MR) is 86.5 cm³/mol. The molecule has 1 unspecified atom stereocenters. The van der Waals surface area contributed by atoms with Crippen LogP contribution < -0.4 is 10.6 Å². The molecule has 1 atom stereocenters. The van der Waals surface area contributed by atoms with Crippen LogP contribution in [0, 0.1) is 0 Å². The van der Waals surface area contributed by atoms with Crippen molar-refractivity contribution < 1.29 is 0 Å². The topological polar surface area (TPSA) is 42.1 Å². The molecule has 3 rings (SSSR count). The lowest BCUT2D eigenvalue weighted by Crippen LogP contribution is -2.07. The summed E-state index contributed by atoms with van der Waals surface area (Å²) in [6.07, 6.45) is 2.53.